The van der Waals surface area contributed by atoms with E-state index < -0.39 is 0 Å². The zero-order chi connectivity index (χ0) is 11.2. The molecule has 0 saturated heterocycles. The van der Waals surface area contributed by atoms with Crippen LogP contribution in [0.5, 0.6) is 0 Å². The van der Waals surface area contributed by atoms with Crippen molar-refractivity contribution in [3.8, 4) is 0 Å². The molecule has 0 aliphatic rings. The second-order valence-corrected chi connectivity index (χ2v) is 3.87. The maximum atomic E-state index is 10.8. The van der Waals surface area contributed by atoms with Crippen LogP contribution in [0.15, 0.2) is 0 Å². The summed E-state index contributed by atoms with van der Waals surface area (Å²) in [4.78, 5) is 10.8. The fourth-order valence-corrected chi connectivity index (χ4v) is 1.25. The van der Waals surface area contributed by atoms with Gasteiger partial charge < -0.3 is 16.2 Å². The Hall–Kier alpha value is -0.610. The highest BCUT2D eigenvalue weighted by Gasteiger charge is 2.25. The highest BCUT2D eigenvalue weighted by atomic mass is 16.3. The first-order valence-electron chi connectivity index (χ1n) is 5.15. The van der Waals surface area contributed by atoms with Crippen molar-refractivity contribution in [1.82, 2.24) is 5.32 Å². The van der Waals surface area contributed by atoms with Crippen molar-refractivity contribution in [2.24, 2.45) is 11.1 Å². The summed E-state index contributed by atoms with van der Waals surface area (Å²) in [6.07, 6.45) is 1.77. The summed E-state index contributed by atoms with van der Waals surface area (Å²) in [7, 11) is 0. The molecular weight excluding hydrogens is 180 g/mol. The smallest absolute Gasteiger partial charge is 0.234 e. The first kappa shape index (κ1) is 13.4. The second kappa shape index (κ2) is 5.98. The highest BCUT2D eigenvalue weighted by molar-refractivity contribution is 5.79. The summed E-state index contributed by atoms with van der Waals surface area (Å²) >= 11 is 0. The largest absolute Gasteiger partial charge is 0.396 e. The lowest BCUT2D eigenvalue weighted by Gasteiger charge is -2.30. The predicted molar refractivity (Wildman–Crippen MR) is 56.8 cm³/mol. The Morgan fingerprint density at radius 3 is 2.29 bits per heavy atom. The van der Waals surface area contributed by atoms with E-state index in [4.69, 9.17) is 5.73 Å². The third kappa shape index (κ3) is 3.64. The minimum Gasteiger partial charge on any atom is -0.396 e. The van der Waals surface area contributed by atoms with Crippen molar-refractivity contribution in [1.29, 1.82) is 0 Å². The lowest BCUT2D eigenvalue weighted by Crippen LogP contribution is -2.45. The van der Waals surface area contributed by atoms with E-state index in [0.717, 1.165) is 12.8 Å². The average molecular weight is 202 g/mol. The Morgan fingerprint density at radius 1 is 1.50 bits per heavy atom. The van der Waals surface area contributed by atoms with Crippen molar-refractivity contribution in [2.75, 3.05) is 13.2 Å². The van der Waals surface area contributed by atoms with Gasteiger partial charge >= 0.3 is 0 Å². The lowest BCUT2D eigenvalue weighted by atomic mass is 9.83. The Morgan fingerprint density at radius 2 is 2.00 bits per heavy atom. The summed E-state index contributed by atoms with van der Waals surface area (Å²) in [5.74, 6) is -0.357. The quantitative estimate of drug-likeness (QED) is 0.554. The normalized spacial score (nSPS) is 14.0. The number of hydrogen-bond donors (Lipinski definition) is 3. The van der Waals surface area contributed by atoms with Gasteiger partial charge in [0.1, 0.15) is 0 Å². The molecule has 0 aliphatic heterocycles. The molecule has 14 heavy (non-hydrogen) atoms. The number of aliphatic hydroxyl groups is 1. The number of aliphatic hydroxyl groups excluding tert-OH is 1. The van der Waals surface area contributed by atoms with Crippen molar-refractivity contribution in [3.05, 3.63) is 0 Å². The van der Waals surface area contributed by atoms with Crippen molar-refractivity contribution < 1.29 is 9.90 Å². The van der Waals surface area contributed by atoms with Crippen molar-refractivity contribution in [2.45, 2.75) is 39.7 Å². The van der Waals surface area contributed by atoms with Crippen LogP contribution in [-0.4, -0.2) is 30.2 Å². The number of primary amides is 1. The van der Waals surface area contributed by atoms with Crippen LogP contribution in [0.1, 0.15) is 33.6 Å². The zero-order valence-electron chi connectivity index (χ0n) is 9.34. The lowest BCUT2D eigenvalue weighted by molar-refractivity contribution is -0.119. The zero-order valence-corrected chi connectivity index (χ0v) is 9.34. The Balaban J connectivity index is 4.12. The predicted octanol–water partition coefficient (Wildman–Crippen LogP) is 0.248. The van der Waals surface area contributed by atoms with Gasteiger partial charge in [0.25, 0.3) is 0 Å². The molecule has 1 atom stereocenters. The fourth-order valence-electron chi connectivity index (χ4n) is 1.25. The number of carbonyl (C=O) groups is 1. The number of rotatable bonds is 7. The van der Waals surface area contributed by atoms with Gasteiger partial charge in [-0.2, -0.15) is 0 Å². The molecule has 1 unspecified atom stereocenters. The first-order chi connectivity index (χ1) is 6.51. The molecule has 84 valence electrons. The molecule has 1 amide bonds. The molecule has 0 bridgehead atoms. The first-order valence-corrected chi connectivity index (χ1v) is 5.15. The van der Waals surface area contributed by atoms with E-state index in [-0.39, 0.29) is 24.0 Å². The van der Waals surface area contributed by atoms with Crippen LogP contribution in [0.2, 0.25) is 0 Å². The number of hydrogen-bond acceptors (Lipinski definition) is 3. The van der Waals surface area contributed by atoms with Gasteiger partial charge in [-0.25, -0.2) is 0 Å². The molecule has 0 radical (unpaired) electrons. The Labute approximate surface area is 85.9 Å². The van der Waals surface area contributed by atoms with E-state index >= 15 is 0 Å². The fraction of sp³-hybridized carbons (Fsp3) is 0.900. The number of amides is 1. The van der Waals surface area contributed by atoms with Gasteiger partial charge in [0.2, 0.25) is 5.91 Å². The third-order valence-electron chi connectivity index (χ3n) is 3.05. The van der Waals surface area contributed by atoms with E-state index in [1.807, 2.05) is 13.8 Å². The summed E-state index contributed by atoms with van der Waals surface area (Å²) in [6, 6.07) is -0.334. The van der Waals surface area contributed by atoms with Crippen LogP contribution < -0.4 is 11.1 Å². The molecule has 0 heterocycles. The molecule has 0 spiro atoms. The molecule has 0 fully saturated rings. The molecule has 0 aliphatic carbocycles. The molecule has 0 aromatic heterocycles. The number of carbonyl (C=O) groups excluding carboxylic acids is 1. The average Bonchev–Trinajstić information content (AvgIpc) is 2.20. The van der Waals surface area contributed by atoms with E-state index in [1.54, 1.807) is 6.92 Å². The van der Waals surface area contributed by atoms with Gasteiger partial charge in [-0.15, -0.1) is 0 Å². The van der Waals surface area contributed by atoms with Crippen LogP contribution in [-0.2, 0) is 4.79 Å². The van der Waals surface area contributed by atoms with Crippen LogP contribution >= 0.6 is 0 Å². The van der Waals surface area contributed by atoms with E-state index in [0.29, 0.717) is 6.54 Å². The molecule has 4 heteroatoms. The molecule has 0 saturated carbocycles. The van der Waals surface area contributed by atoms with Gasteiger partial charge in [-0.1, -0.05) is 13.8 Å². The number of nitrogens with two attached hydrogens (primary N) is 1. The summed E-state index contributed by atoms with van der Waals surface area (Å²) in [5.41, 5.74) is 5.00. The molecule has 0 aromatic carbocycles. The molecule has 0 aromatic rings. The topological polar surface area (TPSA) is 75.3 Å². The van der Waals surface area contributed by atoms with E-state index in [2.05, 4.69) is 5.32 Å². The van der Waals surface area contributed by atoms with Gasteiger partial charge in [0, 0.05) is 18.6 Å². The van der Waals surface area contributed by atoms with Gasteiger partial charge in [0.15, 0.2) is 0 Å². The van der Waals surface area contributed by atoms with Crippen LogP contribution in [0.4, 0.5) is 0 Å². The molecule has 0 rings (SSSR count). The summed E-state index contributed by atoms with van der Waals surface area (Å²) < 4.78 is 0. The minimum absolute atomic E-state index is 0.121. The van der Waals surface area contributed by atoms with Crippen molar-refractivity contribution >= 4 is 5.91 Å². The molecule has 4 N–H and O–H groups in total. The maximum Gasteiger partial charge on any atom is 0.234 e. The monoisotopic (exact) mass is 202 g/mol. The van der Waals surface area contributed by atoms with Crippen LogP contribution in [0, 0.1) is 5.41 Å². The van der Waals surface area contributed by atoms with E-state index in [9.17, 15) is 9.90 Å². The SMILES string of the molecule is CCC(CC)(CO)CNC(C)C(N)=O. The summed E-state index contributed by atoms with van der Waals surface area (Å²) in [6.45, 7) is 6.57. The molecular formula is C10H22N2O2. The Bertz CT molecular complexity index is 171. The van der Waals surface area contributed by atoms with Gasteiger partial charge in [-0.3, -0.25) is 4.79 Å². The third-order valence-corrected chi connectivity index (χ3v) is 3.05. The maximum absolute atomic E-state index is 10.8. The van der Waals surface area contributed by atoms with E-state index in [1.165, 1.54) is 0 Å². The van der Waals surface area contributed by atoms with Gasteiger partial charge in [0.05, 0.1) is 6.04 Å². The standard InChI is InChI=1S/C10H22N2O2/c1-4-10(5-2,7-13)6-12-8(3)9(11)14/h8,12-13H,4-7H2,1-3H3,(H2,11,14). The van der Waals surface area contributed by atoms with Crippen molar-refractivity contribution in [3.63, 3.8) is 0 Å². The summed E-state index contributed by atoms with van der Waals surface area (Å²) in [5, 5.41) is 12.3. The number of nitrogens with one attached hydrogen (secondary N) is 1. The van der Waals surface area contributed by atoms with Gasteiger partial charge in [-0.05, 0) is 19.8 Å². The Kier molecular flexibility index (Phi) is 5.72. The van der Waals surface area contributed by atoms with Crippen LogP contribution in [0.3, 0.4) is 0 Å². The van der Waals surface area contributed by atoms with Crippen LogP contribution in [0.25, 0.3) is 0 Å². The second-order valence-electron chi connectivity index (χ2n) is 3.87. The minimum atomic E-state index is -0.357. The highest BCUT2D eigenvalue weighted by Crippen LogP contribution is 2.24. The molecule has 4 nitrogen and oxygen atoms in total.